The first-order valence-electron chi connectivity index (χ1n) is 5.00. The van der Waals surface area contributed by atoms with E-state index in [1.165, 1.54) is 25.1 Å². The first-order chi connectivity index (χ1) is 8.24. The topological polar surface area (TPSA) is 55.6 Å². The van der Waals surface area contributed by atoms with E-state index in [0.717, 1.165) is 11.3 Å². The lowest BCUT2D eigenvalue weighted by atomic mass is 10.3. The maximum Gasteiger partial charge on any atom is 0.390 e. The molecule has 0 atom stereocenters. The molecule has 0 aliphatic rings. The number of esters is 1. The smallest absolute Gasteiger partial charge is 0.390 e. The second-order valence-corrected chi connectivity index (χ2v) is 4.68. The van der Waals surface area contributed by atoms with E-state index in [-0.39, 0.29) is 17.1 Å². The summed E-state index contributed by atoms with van der Waals surface area (Å²) in [5.74, 6) is -0.590. The highest BCUT2D eigenvalue weighted by molar-refractivity contribution is 7.18. The Labute approximate surface area is 106 Å². The summed E-state index contributed by atoms with van der Waals surface area (Å²) in [6.45, 7) is -0.190. The Kier molecular flexibility index (Phi) is 4.44. The van der Waals surface area contributed by atoms with Gasteiger partial charge in [-0.3, -0.25) is 0 Å². The number of halogens is 3. The number of nitrogens with two attached hydrogens (primary N) is 1. The van der Waals surface area contributed by atoms with Crippen molar-refractivity contribution in [3.05, 3.63) is 10.9 Å². The predicted molar refractivity (Wildman–Crippen MR) is 64.0 cm³/mol. The molecule has 0 spiro atoms. The molecule has 0 saturated carbocycles. The molecule has 102 valence electrons. The van der Waals surface area contributed by atoms with Crippen LogP contribution in [0.3, 0.4) is 0 Å². The van der Waals surface area contributed by atoms with Crippen molar-refractivity contribution < 1.29 is 22.7 Å². The van der Waals surface area contributed by atoms with Crippen molar-refractivity contribution in [1.82, 2.24) is 0 Å². The number of hydrogen-bond acceptors (Lipinski definition) is 5. The van der Waals surface area contributed by atoms with Gasteiger partial charge in [-0.05, 0) is 6.07 Å². The van der Waals surface area contributed by atoms with Crippen LogP contribution in [0.1, 0.15) is 16.1 Å². The average molecular weight is 282 g/mol. The minimum absolute atomic E-state index is 0.190. The Morgan fingerprint density at radius 3 is 2.67 bits per heavy atom. The lowest BCUT2D eigenvalue weighted by molar-refractivity contribution is -0.132. The lowest BCUT2D eigenvalue weighted by Gasteiger charge is -2.17. The van der Waals surface area contributed by atoms with Crippen molar-refractivity contribution in [3.63, 3.8) is 0 Å². The van der Waals surface area contributed by atoms with Crippen LogP contribution in [0.5, 0.6) is 0 Å². The van der Waals surface area contributed by atoms with Gasteiger partial charge < -0.3 is 15.4 Å². The molecule has 8 heteroatoms. The van der Waals surface area contributed by atoms with Crippen LogP contribution in [0, 0.1) is 0 Å². The summed E-state index contributed by atoms with van der Waals surface area (Å²) in [7, 11) is 2.73. The van der Waals surface area contributed by atoms with Crippen LogP contribution in [-0.2, 0) is 4.74 Å². The van der Waals surface area contributed by atoms with Crippen molar-refractivity contribution >= 4 is 28.0 Å². The van der Waals surface area contributed by atoms with Gasteiger partial charge in [0.15, 0.2) is 0 Å². The summed E-state index contributed by atoms with van der Waals surface area (Å²) < 4.78 is 40.7. The minimum Gasteiger partial charge on any atom is -0.465 e. The summed E-state index contributed by atoms with van der Waals surface area (Å²) in [6.07, 6.45) is -5.13. The number of nitrogen functional groups attached to an aromatic ring is 1. The van der Waals surface area contributed by atoms with E-state index in [1.54, 1.807) is 0 Å². The van der Waals surface area contributed by atoms with Crippen molar-refractivity contribution in [3.8, 4) is 0 Å². The number of methoxy groups -OCH3 is 1. The molecule has 0 aliphatic carbocycles. The van der Waals surface area contributed by atoms with Crippen LogP contribution < -0.4 is 10.6 Å². The zero-order valence-corrected chi connectivity index (χ0v) is 10.7. The van der Waals surface area contributed by atoms with Gasteiger partial charge in [-0.1, -0.05) is 0 Å². The highest BCUT2D eigenvalue weighted by Gasteiger charge is 2.27. The van der Waals surface area contributed by atoms with Crippen LogP contribution in [0.25, 0.3) is 0 Å². The molecule has 4 nitrogen and oxygen atoms in total. The molecule has 1 aromatic rings. The maximum absolute atomic E-state index is 12.1. The molecule has 18 heavy (non-hydrogen) atoms. The van der Waals surface area contributed by atoms with Crippen LogP contribution in [0.15, 0.2) is 6.07 Å². The Morgan fingerprint density at radius 1 is 1.56 bits per heavy atom. The fraction of sp³-hybridized carbons (Fsp3) is 0.500. The van der Waals surface area contributed by atoms with Gasteiger partial charge in [-0.25, -0.2) is 4.79 Å². The van der Waals surface area contributed by atoms with E-state index in [4.69, 9.17) is 5.73 Å². The summed E-state index contributed by atoms with van der Waals surface area (Å²) in [6, 6.07) is 1.47. The summed E-state index contributed by atoms with van der Waals surface area (Å²) in [5, 5.41) is 0.497. The molecule has 1 aromatic heterocycles. The second kappa shape index (κ2) is 5.47. The van der Waals surface area contributed by atoms with Gasteiger partial charge in [0.2, 0.25) is 0 Å². The Balaban J connectivity index is 2.75. The first kappa shape index (κ1) is 14.6. The number of thiophene rings is 1. The molecule has 0 bridgehead atoms. The maximum atomic E-state index is 12.1. The molecule has 1 heterocycles. The molecule has 2 N–H and O–H groups in total. The second-order valence-electron chi connectivity index (χ2n) is 3.65. The number of alkyl halides is 3. The highest BCUT2D eigenvalue weighted by atomic mass is 32.1. The number of carbonyl (C=O) groups is 1. The third-order valence-electron chi connectivity index (χ3n) is 2.23. The molecule has 0 unspecified atom stereocenters. The third kappa shape index (κ3) is 3.80. The van der Waals surface area contributed by atoms with Crippen LogP contribution >= 0.6 is 11.3 Å². The van der Waals surface area contributed by atoms with Crippen LogP contribution in [0.4, 0.5) is 23.9 Å². The molecule has 0 fully saturated rings. The van der Waals surface area contributed by atoms with Gasteiger partial charge in [0, 0.05) is 13.6 Å². The highest BCUT2D eigenvalue weighted by Crippen LogP contribution is 2.32. The van der Waals surface area contributed by atoms with Gasteiger partial charge in [-0.15, -0.1) is 11.3 Å². The summed E-state index contributed by atoms with van der Waals surface area (Å²) >= 11 is 1.01. The summed E-state index contributed by atoms with van der Waals surface area (Å²) in [5.41, 5.74) is 5.81. The lowest BCUT2D eigenvalue weighted by Crippen LogP contribution is -2.23. The monoisotopic (exact) mass is 282 g/mol. The third-order valence-corrected chi connectivity index (χ3v) is 3.47. The van der Waals surface area contributed by atoms with Gasteiger partial charge in [0.25, 0.3) is 0 Å². The van der Waals surface area contributed by atoms with Crippen molar-refractivity contribution in [1.29, 1.82) is 0 Å². The summed E-state index contributed by atoms with van der Waals surface area (Å²) in [4.78, 5) is 12.9. The van der Waals surface area contributed by atoms with E-state index in [2.05, 4.69) is 4.74 Å². The number of nitrogens with zero attached hydrogens (tertiary/aromatic N) is 1. The Hall–Kier alpha value is -1.44. The van der Waals surface area contributed by atoms with E-state index < -0.39 is 18.6 Å². The molecular weight excluding hydrogens is 269 g/mol. The van der Waals surface area contributed by atoms with Gasteiger partial charge in [-0.2, -0.15) is 13.2 Å². The molecular formula is C10H13F3N2O2S. The number of carbonyl (C=O) groups excluding carboxylic acids is 1. The predicted octanol–water partition coefficient (Wildman–Crippen LogP) is 2.51. The van der Waals surface area contributed by atoms with Gasteiger partial charge in [0.1, 0.15) is 4.88 Å². The fourth-order valence-corrected chi connectivity index (χ4v) is 2.22. The molecule has 1 rings (SSSR count). The molecule has 0 amide bonds. The van der Waals surface area contributed by atoms with Crippen LogP contribution in [0.2, 0.25) is 0 Å². The zero-order valence-electron chi connectivity index (χ0n) is 9.87. The first-order valence-corrected chi connectivity index (χ1v) is 5.81. The largest absolute Gasteiger partial charge is 0.465 e. The Morgan fingerprint density at radius 2 is 2.17 bits per heavy atom. The molecule has 0 aromatic carbocycles. The Bertz CT molecular complexity index is 431. The number of rotatable bonds is 4. The van der Waals surface area contributed by atoms with E-state index >= 15 is 0 Å². The quantitative estimate of drug-likeness (QED) is 0.862. The molecule has 0 saturated heterocycles. The molecule has 0 aliphatic heterocycles. The SMILES string of the molecule is COC(=O)c1sc(N(C)CCC(F)(F)F)cc1N. The molecule has 0 radical (unpaired) electrons. The zero-order chi connectivity index (χ0) is 13.9. The van der Waals surface area contributed by atoms with Crippen molar-refractivity contribution in [2.24, 2.45) is 0 Å². The number of hydrogen-bond donors (Lipinski definition) is 1. The average Bonchev–Trinajstić information content (AvgIpc) is 2.66. The fourth-order valence-electron chi connectivity index (χ4n) is 1.24. The van der Waals surface area contributed by atoms with Gasteiger partial charge in [0.05, 0.1) is 24.2 Å². The normalized spacial score (nSPS) is 11.4. The van der Waals surface area contributed by atoms with Gasteiger partial charge >= 0.3 is 12.1 Å². The number of anilines is 2. The minimum atomic E-state index is -4.21. The number of ether oxygens (including phenoxy) is 1. The van der Waals surface area contributed by atoms with Crippen molar-refractivity contribution in [2.75, 3.05) is 31.3 Å². The van der Waals surface area contributed by atoms with E-state index in [1.807, 2.05) is 0 Å². The van der Waals surface area contributed by atoms with E-state index in [0.29, 0.717) is 5.00 Å². The van der Waals surface area contributed by atoms with Crippen molar-refractivity contribution in [2.45, 2.75) is 12.6 Å². The standard InChI is InChI=1S/C10H13F3N2O2S/c1-15(4-3-10(11,12)13)7-5-6(14)8(18-7)9(16)17-2/h5H,3-4,14H2,1-2H3. The van der Waals surface area contributed by atoms with E-state index in [9.17, 15) is 18.0 Å². The van der Waals surface area contributed by atoms with Crippen LogP contribution in [-0.4, -0.2) is 32.8 Å².